The second-order valence-corrected chi connectivity index (χ2v) is 9.18. The highest BCUT2D eigenvalue weighted by molar-refractivity contribution is 7.92. The van der Waals surface area contributed by atoms with Crippen molar-refractivity contribution in [2.24, 2.45) is 0 Å². The first-order chi connectivity index (χ1) is 14.0. The number of benzene rings is 2. The van der Waals surface area contributed by atoms with Crippen molar-refractivity contribution in [3.8, 4) is 5.88 Å². The van der Waals surface area contributed by atoms with Crippen LogP contribution < -0.4 is 9.46 Å². The Morgan fingerprint density at radius 3 is 2.38 bits per heavy atom. The van der Waals surface area contributed by atoms with Gasteiger partial charge in [-0.05, 0) is 42.6 Å². The smallest absolute Gasteiger partial charge is 0.263 e. The van der Waals surface area contributed by atoms with Crippen LogP contribution in [0.5, 0.6) is 5.88 Å². The Labute approximate surface area is 173 Å². The topological polar surface area (TPSA) is 81.2 Å². The fourth-order valence-electron chi connectivity index (χ4n) is 2.76. The molecule has 0 saturated heterocycles. The van der Waals surface area contributed by atoms with Gasteiger partial charge in [0.2, 0.25) is 5.82 Å². The molecule has 0 unspecified atom stereocenters. The average molecular weight is 426 g/mol. The van der Waals surface area contributed by atoms with Gasteiger partial charge in [0.25, 0.3) is 15.9 Å². The Morgan fingerprint density at radius 2 is 1.69 bits per heavy atom. The zero-order valence-electron chi connectivity index (χ0n) is 15.7. The third-order valence-corrected chi connectivity index (χ3v) is 6.56. The Kier molecular flexibility index (Phi) is 5.46. The molecule has 0 fully saturated rings. The summed E-state index contributed by atoms with van der Waals surface area (Å²) in [5, 5.41) is 2.01. The standard InChI is InChI=1S/C21H19N3O3S2/c1-15-8-10-17(11-9-15)29(25,26)24-20-21(27-13-12-16-5-4-14-28-16)23-19-7-3-2-6-18(19)22-20/h2-11,14H,12-13H2,1H3,(H,22,24). The molecule has 8 heteroatoms. The Morgan fingerprint density at radius 1 is 0.966 bits per heavy atom. The van der Waals surface area contributed by atoms with Crippen molar-refractivity contribution in [2.45, 2.75) is 18.2 Å². The van der Waals surface area contributed by atoms with Gasteiger partial charge in [-0.1, -0.05) is 35.9 Å². The molecule has 0 amide bonds. The molecule has 0 atom stereocenters. The Hall–Kier alpha value is -2.97. The molecular weight excluding hydrogens is 406 g/mol. The summed E-state index contributed by atoms with van der Waals surface area (Å²) in [6.45, 7) is 2.27. The molecule has 2 heterocycles. The maximum absolute atomic E-state index is 12.8. The predicted molar refractivity (Wildman–Crippen MR) is 115 cm³/mol. The molecule has 6 nitrogen and oxygen atoms in total. The highest BCUT2D eigenvalue weighted by Crippen LogP contribution is 2.26. The van der Waals surface area contributed by atoms with Crippen LogP contribution in [0.15, 0.2) is 70.9 Å². The van der Waals surface area contributed by atoms with E-state index in [-0.39, 0.29) is 16.6 Å². The number of sulfonamides is 1. The third kappa shape index (κ3) is 4.55. The lowest BCUT2D eigenvalue weighted by atomic mass is 10.2. The van der Waals surface area contributed by atoms with Crippen LogP contribution in [0, 0.1) is 6.92 Å². The number of para-hydroxylation sites is 2. The fraction of sp³-hybridized carbons (Fsp3) is 0.143. The first-order valence-corrected chi connectivity index (χ1v) is 11.4. The van der Waals surface area contributed by atoms with Gasteiger partial charge in [-0.3, -0.25) is 4.72 Å². The van der Waals surface area contributed by atoms with E-state index < -0.39 is 10.0 Å². The average Bonchev–Trinajstić information content (AvgIpc) is 3.22. The lowest BCUT2D eigenvalue weighted by molar-refractivity contribution is 0.312. The molecule has 0 radical (unpaired) electrons. The van der Waals surface area contributed by atoms with Crippen molar-refractivity contribution in [3.05, 3.63) is 76.5 Å². The van der Waals surface area contributed by atoms with Crippen LogP contribution in [-0.4, -0.2) is 25.0 Å². The number of fused-ring (bicyclic) bond motifs is 1. The highest BCUT2D eigenvalue weighted by atomic mass is 32.2. The summed E-state index contributed by atoms with van der Waals surface area (Å²) in [7, 11) is -3.82. The lowest BCUT2D eigenvalue weighted by Crippen LogP contribution is -2.16. The number of aryl methyl sites for hydroxylation is 1. The zero-order valence-corrected chi connectivity index (χ0v) is 17.3. The highest BCUT2D eigenvalue weighted by Gasteiger charge is 2.19. The molecule has 1 N–H and O–H groups in total. The van der Waals surface area contributed by atoms with Crippen molar-refractivity contribution in [1.29, 1.82) is 0 Å². The minimum Gasteiger partial charge on any atom is -0.475 e. The van der Waals surface area contributed by atoms with Gasteiger partial charge in [0, 0.05) is 11.3 Å². The zero-order chi connectivity index (χ0) is 20.3. The summed E-state index contributed by atoms with van der Waals surface area (Å²) >= 11 is 1.65. The maximum Gasteiger partial charge on any atom is 0.263 e. The van der Waals surface area contributed by atoms with Crippen molar-refractivity contribution in [1.82, 2.24) is 9.97 Å². The van der Waals surface area contributed by atoms with Crippen LogP contribution in [0.4, 0.5) is 5.82 Å². The molecule has 0 bridgehead atoms. The minimum absolute atomic E-state index is 0.0791. The van der Waals surface area contributed by atoms with Gasteiger partial charge < -0.3 is 4.74 Å². The summed E-state index contributed by atoms with van der Waals surface area (Å²) in [5.41, 5.74) is 2.20. The van der Waals surface area contributed by atoms with Crippen LogP contribution >= 0.6 is 11.3 Å². The van der Waals surface area contributed by atoms with Crippen molar-refractivity contribution < 1.29 is 13.2 Å². The summed E-state index contributed by atoms with van der Waals surface area (Å²) in [4.78, 5) is 10.3. The van der Waals surface area contributed by atoms with Crippen molar-refractivity contribution >= 4 is 38.2 Å². The first-order valence-electron chi connectivity index (χ1n) is 9.03. The van der Waals surface area contributed by atoms with E-state index in [1.807, 2.05) is 42.6 Å². The number of aromatic nitrogens is 2. The summed E-state index contributed by atoms with van der Waals surface area (Å²) in [5.74, 6) is 0.242. The van der Waals surface area contributed by atoms with Gasteiger partial charge >= 0.3 is 0 Å². The molecular formula is C21H19N3O3S2. The largest absolute Gasteiger partial charge is 0.475 e. The number of anilines is 1. The monoisotopic (exact) mass is 425 g/mol. The third-order valence-electron chi connectivity index (χ3n) is 4.27. The van der Waals surface area contributed by atoms with Gasteiger partial charge in [-0.25, -0.2) is 18.4 Å². The van der Waals surface area contributed by atoms with Crippen LogP contribution in [0.25, 0.3) is 11.0 Å². The lowest BCUT2D eigenvalue weighted by Gasteiger charge is -2.13. The molecule has 4 rings (SSSR count). The first kappa shape index (κ1) is 19.4. The minimum atomic E-state index is -3.82. The molecule has 29 heavy (non-hydrogen) atoms. The van der Waals surface area contributed by atoms with E-state index in [4.69, 9.17) is 4.74 Å². The van der Waals surface area contributed by atoms with Gasteiger partial charge in [-0.2, -0.15) is 0 Å². The quantitative estimate of drug-likeness (QED) is 0.474. The number of nitrogens with zero attached hydrogens (tertiary/aromatic N) is 2. The van der Waals surface area contributed by atoms with Crippen molar-refractivity contribution in [3.63, 3.8) is 0 Å². The number of nitrogens with one attached hydrogen (secondary N) is 1. The van der Waals surface area contributed by atoms with E-state index in [0.29, 0.717) is 24.1 Å². The summed E-state index contributed by atoms with van der Waals surface area (Å²) in [6.07, 6.45) is 0.705. The van der Waals surface area contributed by atoms with Gasteiger partial charge in [0.1, 0.15) is 0 Å². The van der Waals surface area contributed by atoms with Gasteiger partial charge in [-0.15, -0.1) is 11.3 Å². The van der Waals surface area contributed by atoms with Crippen LogP contribution in [0.1, 0.15) is 10.4 Å². The second-order valence-electron chi connectivity index (χ2n) is 6.46. The van der Waals surface area contributed by atoms with Crippen LogP contribution in [0.2, 0.25) is 0 Å². The van der Waals surface area contributed by atoms with E-state index in [1.54, 1.807) is 41.7 Å². The van der Waals surface area contributed by atoms with E-state index in [2.05, 4.69) is 14.7 Å². The number of hydrogen-bond donors (Lipinski definition) is 1. The summed E-state index contributed by atoms with van der Waals surface area (Å²) < 4.78 is 34.0. The molecule has 0 spiro atoms. The molecule has 0 saturated carbocycles. The molecule has 2 aromatic heterocycles. The normalized spacial score (nSPS) is 11.5. The van der Waals surface area contributed by atoms with Gasteiger partial charge in [0.05, 0.1) is 22.5 Å². The Bertz CT molecular complexity index is 1220. The van der Waals surface area contributed by atoms with E-state index >= 15 is 0 Å². The van der Waals surface area contributed by atoms with Crippen LogP contribution in [-0.2, 0) is 16.4 Å². The molecule has 0 aliphatic carbocycles. The van der Waals surface area contributed by atoms with Crippen LogP contribution in [0.3, 0.4) is 0 Å². The Balaban J connectivity index is 1.64. The number of thiophene rings is 1. The molecule has 4 aromatic rings. The SMILES string of the molecule is Cc1ccc(S(=O)(=O)Nc2nc3ccccc3nc2OCCc2cccs2)cc1. The molecule has 0 aliphatic rings. The molecule has 0 aliphatic heterocycles. The predicted octanol–water partition coefficient (Wildman–Crippen LogP) is 4.42. The van der Waals surface area contributed by atoms with Gasteiger partial charge in [0.15, 0.2) is 0 Å². The second kappa shape index (κ2) is 8.18. The number of hydrogen-bond acceptors (Lipinski definition) is 6. The van der Waals surface area contributed by atoms with E-state index in [0.717, 1.165) is 5.56 Å². The number of ether oxygens (including phenoxy) is 1. The summed E-state index contributed by atoms with van der Waals surface area (Å²) in [6, 6.07) is 17.9. The van der Waals surface area contributed by atoms with E-state index in [9.17, 15) is 8.42 Å². The fourth-order valence-corrected chi connectivity index (χ4v) is 4.45. The maximum atomic E-state index is 12.8. The van der Waals surface area contributed by atoms with Crippen molar-refractivity contribution in [2.75, 3.05) is 11.3 Å². The molecule has 2 aromatic carbocycles. The number of rotatable bonds is 7. The molecule has 148 valence electrons. The van der Waals surface area contributed by atoms with E-state index in [1.165, 1.54) is 4.88 Å².